The molecule has 3 rings (SSSR count). The van der Waals surface area contributed by atoms with E-state index in [-0.39, 0.29) is 13.4 Å². The number of hydrogen-bond acceptors (Lipinski definition) is 8. The highest BCUT2D eigenvalue weighted by Gasteiger charge is 2.60. The van der Waals surface area contributed by atoms with Crippen LogP contribution >= 0.6 is 0 Å². The number of benzene rings is 1. The van der Waals surface area contributed by atoms with Gasteiger partial charge in [-0.1, -0.05) is 30.3 Å². The number of fused-ring (bicyclic) bond motifs is 1. The van der Waals surface area contributed by atoms with E-state index in [9.17, 15) is 9.90 Å². The zero-order valence-corrected chi connectivity index (χ0v) is 14.1. The highest BCUT2D eigenvalue weighted by atomic mass is 16.8. The summed E-state index contributed by atoms with van der Waals surface area (Å²) in [5.41, 5.74) is -1.20. The monoisotopic (exact) mass is 354 g/mol. The first-order valence-corrected chi connectivity index (χ1v) is 7.93. The average molecular weight is 354 g/mol. The van der Waals surface area contributed by atoms with Crippen molar-refractivity contribution in [2.75, 3.05) is 27.6 Å². The molecule has 0 spiro atoms. The molecule has 1 aromatic carbocycles. The van der Waals surface area contributed by atoms with Crippen LogP contribution in [0, 0.1) is 0 Å². The molecular formula is C17H22O8. The standard InChI is InChI=1S/C17H22O8/c1-20-10-23-14-16(21-2)24-12-8-22-15(11-6-4-3-5-7-11)25-13(12)17(14,19)9-18/h3-7,9,12-16,19H,8,10H2,1-2H3/t12-,13-,14+,15?,16+,17-/m1/s1. The van der Waals surface area contributed by atoms with Gasteiger partial charge in [0.15, 0.2) is 24.5 Å². The summed E-state index contributed by atoms with van der Waals surface area (Å²) in [5.74, 6) is 0. The molecule has 0 aromatic heterocycles. The van der Waals surface area contributed by atoms with Gasteiger partial charge in [0.1, 0.15) is 25.1 Å². The van der Waals surface area contributed by atoms with E-state index in [1.165, 1.54) is 14.2 Å². The van der Waals surface area contributed by atoms with E-state index >= 15 is 0 Å². The summed E-state index contributed by atoms with van der Waals surface area (Å²) in [5, 5.41) is 11.0. The zero-order valence-electron chi connectivity index (χ0n) is 14.1. The highest BCUT2D eigenvalue weighted by Crippen LogP contribution is 2.39. The van der Waals surface area contributed by atoms with Crippen LogP contribution in [-0.2, 0) is 33.2 Å². The first kappa shape index (κ1) is 18.4. The topological polar surface area (TPSA) is 92.7 Å². The smallest absolute Gasteiger partial charge is 0.187 e. The lowest BCUT2D eigenvalue weighted by molar-refractivity contribution is -0.382. The Hall–Kier alpha value is -1.39. The minimum Gasteiger partial charge on any atom is -0.377 e. The van der Waals surface area contributed by atoms with E-state index in [0.717, 1.165) is 5.56 Å². The third-order valence-corrected chi connectivity index (χ3v) is 4.35. The van der Waals surface area contributed by atoms with E-state index in [2.05, 4.69) is 0 Å². The summed E-state index contributed by atoms with van der Waals surface area (Å²) >= 11 is 0. The van der Waals surface area contributed by atoms with Crippen LogP contribution in [0.5, 0.6) is 0 Å². The van der Waals surface area contributed by atoms with Crippen LogP contribution < -0.4 is 0 Å². The van der Waals surface area contributed by atoms with Gasteiger partial charge >= 0.3 is 0 Å². The van der Waals surface area contributed by atoms with Gasteiger partial charge in [0, 0.05) is 19.8 Å². The first-order valence-electron chi connectivity index (χ1n) is 7.93. The molecule has 2 aliphatic rings. The van der Waals surface area contributed by atoms with Crippen LogP contribution in [0.4, 0.5) is 0 Å². The molecule has 0 radical (unpaired) electrons. The summed E-state index contributed by atoms with van der Waals surface area (Å²) in [4.78, 5) is 11.8. The quantitative estimate of drug-likeness (QED) is 0.579. The summed E-state index contributed by atoms with van der Waals surface area (Å²) in [6.45, 7) is -0.00271. The molecule has 1 N–H and O–H groups in total. The lowest BCUT2D eigenvalue weighted by atomic mass is 9.84. The van der Waals surface area contributed by atoms with Crippen molar-refractivity contribution < 1.29 is 38.3 Å². The number of rotatable bonds is 6. The Labute approximate surface area is 145 Å². The summed E-state index contributed by atoms with van der Waals surface area (Å²) in [7, 11) is 2.83. The van der Waals surface area contributed by atoms with Crippen LogP contribution in [0.15, 0.2) is 30.3 Å². The molecule has 6 atom stereocenters. The van der Waals surface area contributed by atoms with Gasteiger partial charge < -0.3 is 33.5 Å². The third kappa shape index (κ3) is 3.47. The van der Waals surface area contributed by atoms with Crippen molar-refractivity contribution in [2.24, 2.45) is 0 Å². The minimum absolute atomic E-state index is 0.136. The summed E-state index contributed by atoms with van der Waals surface area (Å²) < 4.78 is 32.9. The second-order valence-electron chi connectivity index (χ2n) is 5.91. The van der Waals surface area contributed by atoms with Crippen molar-refractivity contribution in [3.8, 4) is 0 Å². The van der Waals surface area contributed by atoms with Crippen molar-refractivity contribution in [3.63, 3.8) is 0 Å². The molecule has 138 valence electrons. The molecule has 0 aliphatic carbocycles. The molecular weight excluding hydrogens is 332 g/mol. The van der Waals surface area contributed by atoms with Gasteiger partial charge in [-0.15, -0.1) is 0 Å². The van der Waals surface area contributed by atoms with Crippen molar-refractivity contribution in [2.45, 2.75) is 36.5 Å². The normalized spacial score (nSPS) is 38.1. The summed E-state index contributed by atoms with van der Waals surface area (Å²) in [6.07, 6.45) is -4.04. The molecule has 8 nitrogen and oxygen atoms in total. The van der Waals surface area contributed by atoms with Crippen LogP contribution in [0.1, 0.15) is 11.9 Å². The Morgan fingerprint density at radius 3 is 2.68 bits per heavy atom. The Kier molecular flexibility index (Phi) is 5.80. The van der Waals surface area contributed by atoms with Crippen LogP contribution in [-0.4, -0.2) is 69.2 Å². The van der Waals surface area contributed by atoms with Gasteiger partial charge in [-0.25, -0.2) is 0 Å². The van der Waals surface area contributed by atoms with Gasteiger partial charge in [-0.05, 0) is 0 Å². The molecule has 8 heteroatoms. The van der Waals surface area contributed by atoms with E-state index in [1.54, 1.807) is 0 Å². The molecule has 0 bridgehead atoms. The Balaban J connectivity index is 1.86. The Bertz CT molecular complexity index is 567. The van der Waals surface area contributed by atoms with E-state index in [0.29, 0.717) is 6.29 Å². The predicted molar refractivity (Wildman–Crippen MR) is 83.4 cm³/mol. The van der Waals surface area contributed by atoms with Gasteiger partial charge in [0.25, 0.3) is 0 Å². The fraction of sp³-hybridized carbons (Fsp3) is 0.588. The average Bonchev–Trinajstić information content (AvgIpc) is 2.67. The largest absolute Gasteiger partial charge is 0.377 e. The Morgan fingerprint density at radius 1 is 1.28 bits per heavy atom. The molecule has 1 unspecified atom stereocenters. The lowest BCUT2D eigenvalue weighted by Crippen LogP contribution is -2.71. The van der Waals surface area contributed by atoms with Crippen molar-refractivity contribution in [1.29, 1.82) is 0 Å². The molecule has 0 amide bonds. The van der Waals surface area contributed by atoms with Gasteiger partial charge in [-0.3, -0.25) is 4.79 Å². The number of methoxy groups -OCH3 is 2. The number of aldehydes is 1. The van der Waals surface area contributed by atoms with Crippen LogP contribution in [0.2, 0.25) is 0 Å². The number of hydrogen-bond donors (Lipinski definition) is 1. The Morgan fingerprint density at radius 2 is 2.04 bits per heavy atom. The van der Waals surface area contributed by atoms with E-state index in [4.69, 9.17) is 28.4 Å². The van der Waals surface area contributed by atoms with Crippen molar-refractivity contribution in [3.05, 3.63) is 35.9 Å². The fourth-order valence-corrected chi connectivity index (χ4v) is 3.12. The van der Waals surface area contributed by atoms with Gasteiger partial charge in [0.05, 0.1) is 6.61 Å². The lowest BCUT2D eigenvalue weighted by Gasteiger charge is -2.51. The molecule has 25 heavy (non-hydrogen) atoms. The summed E-state index contributed by atoms with van der Waals surface area (Å²) in [6, 6.07) is 9.25. The predicted octanol–water partition coefficient (Wildman–Crippen LogP) is 0.391. The second-order valence-corrected chi connectivity index (χ2v) is 5.91. The number of ether oxygens (including phenoxy) is 6. The third-order valence-electron chi connectivity index (χ3n) is 4.35. The maximum Gasteiger partial charge on any atom is 0.187 e. The van der Waals surface area contributed by atoms with E-state index in [1.807, 2.05) is 30.3 Å². The minimum atomic E-state index is -1.97. The molecule has 1 aromatic rings. The molecule has 0 saturated carbocycles. The molecule has 2 heterocycles. The van der Waals surface area contributed by atoms with Crippen molar-refractivity contribution >= 4 is 6.29 Å². The SMILES string of the molecule is COCO[C@H]1[C@@H](OC)O[C@@H]2COC(c3ccccc3)O[C@H]2[C@]1(O)C=O. The molecule has 2 fully saturated rings. The van der Waals surface area contributed by atoms with Gasteiger partial charge in [0.2, 0.25) is 0 Å². The second kappa shape index (κ2) is 7.88. The number of aliphatic hydroxyl groups is 1. The van der Waals surface area contributed by atoms with Crippen LogP contribution in [0.3, 0.4) is 0 Å². The van der Waals surface area contributed by atoms with Crippen LogP contribution in [0.25, 0.3) is 0 Å². The maximum atomic E-state index is 11.8. The van der Waals surface area contributed by atoms with E-state index < -0.39 is 36.5 Å². The number of carbonyl (C=O) groups excluding carboxylic acids is 1. The highest BCUT2D eigenvalue weighted by molar-refractivity contribution is 5.65. The zero-order chi connectivity index (χ0) is 17.9. The molecule has 2 aliphatic heterocycles. The fourth-order valence-electron chi connectivity index (χ4n) is 3.12. The maximum absolute atomic E-state index is 11.8. The number of carbonyl (C=O) groups is 1. The first-order chi connectivity index (χ1) is 12.1. The van der Waals surface area contributed by atoms with Gasteiger partial charge in [-0.2, -0.15) is 0 Å². The van der Waals surface area contributed by atoms with Crippen molar-refractivity contribution in [1.82, 2.24) is 0 Å². The molecule has 2 saturated heterocycles.